The Morgan fingerprint density at radius 3 is 2.80 bits per heavy atom. The van der Waals surface area contributed by atoms with Crippen LogP contribution < -0.4 is 25.1 Å². The lowest BCUT2D eigenvalue weighted by molar-refractivity contribution is -0.384. The van der Waals surface area contributed by atoms with Gasteiger partial charge in [-0.05, 0) is 30.7 Å². The zero-order valence-electron chi connectivity index (χ0n) is 15.8. The maximum absolute atomic E-state index is 13.2. The molecule has 0 saturated heterocycles. The molecule has 0 spiro atoms. The Hall–Kier alpha value is -3.79. The van der Waals surface area contributed by atoms with Crippen molar-refractivity contribution in [1.29, 1.82) is 0 Å². The third kappa shape index (κ3) is 2.80. The molecule has 1 aromatic heterocycles. The molecule has 0 bridgehead atoms. The predicted octanol–water partition coefficient (Wildman–Crippen LogP) is 1.33. The zero-order chi connectivity index (χ0) is 21.0. The Morgan fingerprint density at radius 2 is 2.03 bits per heavy atom. The Labute approximate surface area is 173 Å². The minimum Gasteiger partial charge on any atom is -0.334 e. The molecule has 2 aliphatic heterocycles. The highest BCUT2D eigenvalue weighted by Crippen LogP contribution is 2.32. The maximum Gasteiger partial charge on any atom is 0.272 e. The number of hydrogen-bond donors (Lipinski definition) is 1. The van der Waals surface area contributed by atoms with Gasteiger partial charge in [0.2, 0.25) is 0 Å². The van der Waals surface area contributed by atoms with Crippen LogP contribution in [-0.2, 0) is 11.5 Å². The van der Waals surface area contributed by atoms with Crippen LogP contribution in [-0.4, -0.2) is 22.1 Å². The Balaban J connectivity index is 1.66. The van der Waals surface area contributed by atoms with Crippen molar-refractivity contribution in [3.05, 3.63) is 83.4 Å². The third-order valence-electron chi connectivity index (χ3n) is 5.10. The number of fused-ring (bicyclic) bond motifs is 2. The highest BCUT2D eigenvalue weighted by Gasteiger charge is 2.29. The summed E-state index contributed by atoms with van der Waals surface area (Å²) >= 11 is 1.13. The molecule has 2 aliphatic rings. The van der Waals surface area contributed by atoms with Crippen molar-refractivity contribution >= 4 is 39.9 Å². The van der Waals surface area contributed by atoms with Crippen LogP contribution in [0.5, 0.6) is 0 Å². The Morgan fingerprint density at radius 1 is 1.20 bits per heavy atom. The number of rotatable bonds is 2. The summed E-state index contributed by atoms with van der Waals surface area (Å²) in [6.07, 6.45) is 0. The smallest absolute Gasteiger partial charge is 0.272 e. The van der Waals surface area contributed by atoms with Gasteiger partial charge in [0.15, 0.2) is 4.80 Å². The molecule has 3 aromatic rings. The van der Waals surface area contributed by atoms with Gasteiger partial charge in [0.25, 0.3) is 17.2 Å². The molecule has 2 aromatic carbocycles. The van der Waals surface area contributed by atoms with Gasteiger partial charge in [0.05, 0.1) is 10.5 Å². The number of aromatic nitrogens is 1. The molecule has 0 atom stereocenters. The molecule has 1 amide bonds. The van der Waals surface area contributed by atoms with Crippen LogP contribution in [0.4, 0.5) is 17.1 Å². The lowest BCUT2D eigenvalue weighted by Gasteiger charge is -2.25. The molecule has 9 nitrogen and oxygen atoms in total. The summed E-state index contributed by atoms with van der Waals surface area (Å²) in [6, 6.07) is 12.0. The first-order valence-corrected chi connectivity index (χ1v) is 9.94. The lowest BCUT2D eigenvalue weighted by atomic mass is 10.1. The molecule has 10 heteroatoms. The van der Waals surface area contributed by atoms with Gasteiger partial charge in [-0.2, -0.15) is 0 Å². The van der Waals surface area contributed by atoms with E-state index in [9.17, 15) is 19.7 Å². The van der Waals surface area contributed by atoms with E-state index in [0.29, 0.717) is 29.4 Å². The molecule has 5 rings (SSSR count). The van der Waals surface area contributed by atoms with Crippen LogP contribution in [0.15, 0.2) is 52.3 Å². The molecular weight excluding hydrogens is 406 g/mol. The van der Waals surface area contributed by atoms with Gasteiger partial charge in [0.1, 0.15) is 17.9 Å². The van der Waals surface area contributed by atoms with E-state index >= 15 is 0 Å². The van der Waals surface area contributed by atoms with Gasteiger partial charge in [-0.25, -0.2) is 4.99 Å². The number of nitrogens with one attached hydrogen (secondary N) is 1. The topological polar surface area (TPSA) is 110 Å². The number of carbonyl (C=O) groups excluding carboxylic acids is 1. The lowest BCUT2D eigenvalue weighted by Crippen LogP contribution is -2.43. The van der Waals surface area contributed by atoms with Gasteiger partial charge < -0.3 is 10.2 Å². The van der Waals surface area contributed by atoms with Crippen molar-refractivity contribution in [3.8, 4) is 0 Å². The number of nitro groups is 1. The van der Waals surface area contributed by atoms with Gasteiger partial charge in [-0.1, -0.05) is 23.5 Å². The second-order valence-corrected chi connectivity index (χ2v) is 8.06. The quantitative estimate of drug-likeness (QED) is 0.496. The number of carbonyl (C=O) groups is 1. The molecule has 150 valence electrons. The van der Waals surface area contributed by atoms with Crippen LogP contribution in [0.1, 0.15) is 11.1 Å². The highest BCUT2D eigenvalue weighted by molar-refractivity contribution is 7.07. The number of non-ortho nitro benzene ring substituents is 1. The van der Waals surface area contributed by atoms with E-state index in [2.05, 4.69) is 10.3 Å². The van der Waals surface area contributed by atoms with Crippen LogP contribution in [0, 0.1) is 17.0 Å². The highest BCUT2D eigenvalue weighted by atomic mass is 32.1. The van der Waals surface area contributed by atoms with E-state index in [4.69, 9.17) is 0 Å². The molecule has 0 fully saturated rings. The number of nitrogens with zero attached hydrogens (tertiary/aromatic N) is 4. The summed E-state index contributed by atoms with van der Waals surface area (Å²) in [6.45, 7) is 2.71. The average Bonchev–Trinajstić information content (AvgIpc) is 3.22. The summed E-state index contributed by atoms with van der Waals surface area (Å²) in [5, 5.41) is 13.8. The molecular formula is C20H15N5O4S. The number of aryl methyl sites for hydroxylation is 1. The number of amides is 1. The first kappa shape index (κ1) is 18.3. The average molecular weight is 421 g/mol. The third-order valence-corrected chi connectivity index (χ3v) is 6.22. The minimum absolute atomic E-state index is 0.139. The normalized spacial score (nSPS) is 16.6. The van der Waals surface area contributed by atoms with Gasteiger partial charge in [0, 0.05) is 29.1 Å². The van der Waals surface area contributed by atoms with E-state index in [0.717, 1.165) is 22.6 Å². The molecule has 0 unspecified atom stereocenters. The molecule has 0 aliphatic carbocycles. The summed E-state index contributed by atoms with van der Waals surface area (Å²) < 4.78 is 1.76. The van der Waals surface area contributed by atoms with Crippen molar-refractivity contribution in [2.24, 2.45) is 4.99 Å². The Bertz CT molecular complexity index is 1420. The number of hydrogen-bond acceptors (Lipinski definition) is 7. The van der Waals surface area contributed by atoms with Crippen molar-refractivity contribution in [3.63, 3.8) is 0 Å². The molecule has 1 N–H and O–H groups in total. The fraction of sp³-hybridized carbons (Fsp3) is 0.150. The fourth-order valence-electron chi connectivity index (χ4n) is 3.64. The van der Waals surface area contributed by atoms with Crippen molar-refractivity contribution in [2.45, 2.75) is 13.6 Å². The summed E-state index contributed by atoms with van der Waals surface area (Å²) in [7, 11) is 0. The SMILES string of the molecule is Cc1cccc(N2CN=c3sc(=C4C(=O)Nc5ccc([N+](=O)[O-])cc54)c(=O)n3C2)c1. The molecule has 0 saturated carbocycles. The van der Waals surface area contributed by atoms with Crippen LogP contribution >= 0.6 is 11.3 Å². The van der Waals surface area contributed by atoms with Crippen LogP contribution in [0.2, 0.25) is 0 Å². The Kier molecular flexibility index (Phi) is 4.03. The standard InChI is InChI=1S/C20H15N5O4S/c1-11-3-2-4-12(7-11)23-9-21-20-24(10-23)19(27)17(30-20)16-14-8-13(25(28)29)5-6-15(14)22-18(16)26/h2-8H,9-10H2,1H3,(H,22,26). The maximum atomic E-state index is 13.2. The second-order valence-electron chi connectivity index (χ2n) is 7.08. The van der Waals surface area contributed by atoms with Gasteiger partial charge in [-0.15, -0.1) is 0 Å². The van der Waals surface area contributed by atoms with E-state index < -0.39 is 10.8 Å². The van der Waals surface area contributed by atoms with E-state index in [-0.39, 0.29) is 21.4 Å². The van der Waals surface area contributed by atoms with E-state index in [1.165, 1.54) is 22.8 Å². The molecule has 3 heterocycles. The van der Waals surface area contributed by atoms with E-state index in [1.54, 1.807) is 0 Å². The van der Waals surface area contributed by atoms with E-state index in [1.807, 2.05) is 36.1 Å². The summed E-state index contributed by atoms with van der Waals surface area (Å²) in [4.78, 5) is 43.4. The van der Waals surface area contributed by atoms with Crippen molar-refractivity contribution < 1.29 is 9.72 Å². The second kappa shape index (κ2) is 6.63. The summed E-state index contributed by atoms with van der Waals surface area (Å²) in [5.74, 6) is -0.447. The van der Waals surface area contributed by atoms with Crippen molar-refractivity contribution in [2.75, 3.05) is 16.9 Å². The van der Waals surface area contributed by atoms with Crippen LogP contribution in [0.25, 0.3) is 5.57 Å². The monoisotopic (exact) mass is 421 g/mol. The number of thiazole rings is 1. The van der Waals surface area contributed by atoms with Gasteiger partial charge >= 0.3 is 0 Å². The number of nitro benzene ring substituents is 1. The van der Waals surface area contributed by atoms with Crippen molar-refractivity contribution in [1.82, 2.24) is 4.57 Å². The number of benzene rings is 2. The fourth-order valence-corrected chi connectivity index (χ4v) is 4.70. The van der Waals surface area contributed by atoms with Crippen LogP contribution in [0.3, 0.4) is 0 Å². The predicted molar refractivity (Wildman–Crippen MR) is 112 cm³/mol. The summed E-state index contributed by atoms with van der Waals surface area (Å²) in [5.41, 5.74) is 2.56. The zero-order valence-corrected chi connectivity index (χ0v) is 16.6. The molecule has 30 heavy (non-hydrogen) atoms. The first-order chi connectivity index (χ1) is 14.4. The minimum atomic E-state index is -0.526. The molecule has 0 radical (unpaired) electrons. The number of anilines is 2. The largest absolute Gasteiger partial charge is 0.334 e. The van der Waals surface area contributed by atoms with Gasteiger partial charge in [-0.3, -0.25) is 24.3 Å². The first-order valence-electron chi connectivity index (χ1n) is 9.12.